The molecule has 1 aromatic rings. The van der Waals surface area contributed by atoms with Crippen LogP contribution >= 0.6 is 0 Å². The Bertz CT molecular complexity index is 359. The van der Waals surface area contributed by atoms with Crippen LogP contribution < -0.4 is 15.3 Å². The summed E-state index contributed by atoms with van der Waals surface area (Å²) in [7, 11) is 0. The topological polar surface area (TPSA) is 60.0 Å². The van der Waals surface area contributed by atoms with Crippen LogP contribution in [0.2, 0.25) is 0 Å². The lowest BCUT2D eigenvalue weighted by molar-refractivity contribution is -0.655. The number of nitrogens with two attached hydrogens (primary N) is 1. The van der Waals surface area contributed by atoms with Crippen LogP contribution in [0.4, 0.5) is 5.69 Å². The maximum absolute atomic E-state index is 10.7. The largest absolute Gasteiger partial charge is 0.545 e. The monoisotopic (exact) mass is 206 g/mol. The van der Waals surface area contributed by atoms with Gasteiger partial charge in [-0.1, -0.05) is 12.1 Å². The van der Waals surface area contributed by atoms with Crippen molar-refractivity contribution in [3.8, 4) is 0 Å². The number of aromatic carboxylic acids is 1. The van der Waals surface area contributed by atoms with E-state index in [1.54, 1.807) is 18.2 Å². The van der Waals surface area contributed by atoms with Crippen molar-refractivity contribution in [3.63, 3.8) is 0 Å². The summed E-state index contributed by atoms with van der Waals surface area (Å²) in [6.45, 7) is 4.07. The van der Waals surface area contributed by atoms with Crippen molar-refractivity contribution in [2.24, 2.45) is 0 Å². The standard InChI is InChI=1S/C11H14N2O2/c14-11(15)9-2-1-3-10(8-9)13-6-4-12-5-7-13/h1-3,8,12H,4-7H2,(H,14,15). The van der Waals surface area contributed by atoms with E-state index in [9.17, 15) is 9.90 Å². The van der Waals surface area contributed by atoms with Crippen molar-refractivity contribution in [3.05, 3.63) is 29.8 Å². The molecule has 80 valence electrons. The van der Waals surface area contributed by atoms with Crippen LogP contribution in [0.15, 0.2) is 24.3 Å². The Kier molecular flexibility index (Phi) is 2.87. The van der Waals surface area contributed by atoms with Crippen molar-refractivity contribution in [1.82, 2.24) is 0 Å². The van der Waals surface area contributed by atoms with Crippen molar-refractivity contribution in [1.29, 1.82) is 0 Å². The molecule has 0 unspecified atom stereocenters. The third kappa shape index (κ3) is 2.27. The number of hydrogen-bond donors (Lipinski definition) is 1. The third-order valence-corrected chi connectivity index (χ3v) is 2.65. The molecular weight excluding hydrogens is 192 g/mol. The van der Waals surface area contributed by atoms with Gasteiger partial charge in [0.2, 0.25) is 0 Å². The molecule has 0 aliphatic carbocycles. The molecule has 0 spiro atoms. The lowest BCUT2D eigenvalue weighted by atomic mass is 10.2. The summed E-state index contributed by atoms with van der Waals surface area (Å²) < 4.78 is 0. The fourth-order valence-electron chi connectivity index (χ4n) is 1.84. The number of anilines is 1. The summed E-state index contributed by atoms with van der Waals surface area (Å²) in [5.41, 5.74) is 1.23. The Morgan fingerprint density at radius 3 is 2.73 bits per heavy atom. The first-order valence-corrected chi connectivity index (χ1v) is 5.15. The Labute approximate surface area is 88.5 Å². The molecule has 1 saturated heterocycles. The molecule has 0 saturated carbocycles. The SMILES string of the molecule is O=C([O-])c1cccc(N2CC[NH2+]CC2)c1. The summed E-state index contributed by atoms with van der Waals surface area (Å²) in [6, 6.07) is 6.95. The molecule has 1 heterocycles. The Morgan fingerprint density at radius 2 is 2.07 bits per heavy atom. The maximum atomic E-state index is 10.7. The second-order valence-electron chi connectivity index (χ2n) is 3.69. The fourth-order valence-corrected chi connectivity index (χ4v) is 1.84. The molecule has 0 bridgehead atoms. The molecule has 1 aromatic carbocycles. The number of carbonyl (C=O) groups excluding carboxylic acids is 1. The number of piperazine rings is 1. The number of carbonyl (C=O) groups is 1. The first kappa shape index (κ1) is 9.98. The molecule has 0 aromatic heterocycles. The van der Waals surface area contributed by atoms with Gasteiger partial charge in [-0.15, -0.1) is 0 Å². The van der Waals surface area contributed by atoms with Crippen molar-refractivity contribution in [2.45, 2.75) is 0 Å². The number of benzene rings is 1. The summed E-state index contributed by atoms with van der Waals surface area (Å²) in [5, 5.41) is 13.0. The van der Waals surface area contributed by atoms with E-state index < -0.39 is 5.97 Å². The highest BCUT2D eigenvalue weighted by molar-refractivity contribution is 5.87. The second-order valence-corrected chi connectivity index (χ2v) is 3.69. The minimum Gasteiger partial charge on any atom is -0.545 e. The van der Waals surface area contributed by atoms with Gasteiger partial charge in [0.1, 0.15) is 0 Å². The molecule has 0 atom stereocenters. The maximum Gasteiger partial charge on any atom is 0.0934 e. The molecule has 4 heteroatoms. The van der Waals surface area contributed by atoms with Gasteiger partial charge in [-0.2, -0.15) is 0 Å². The van der Waals surface area contributed by atoms with Gasteiger partial charge in [0, 0.05) is 5.69 Å². The van der Waals surface area contributed by atoms with Gasteiger partial charge in [-0.05, 0) is 17.7 Å². The van der Waals surface area contributed by atoms with Crippen LogP contribution in [0, 0.1) is 0 Å². The summed E-state index contributed by atoms with van der Waals surface area (Å²) in [5.74, 6) is -1.11. The van der Waals surface area contributed by atoms with Crippen LogP contribution in [0.25, 0.3) is 0 Å². The van der Waals surface area contributed by atoms with E-state index in [4.69, 9.17) is 0 Å². The second kappa shape index (κ2) is 4.31. The van der Waals surface area contributed by atoms with Crippen LogP contribution in [-0.2, 0) is 0 Å². The molecular formula is C11H14N2O2. The minimum absolute atomic E-state index is 0.252. The van der Waals surface area contributed by atoms with Crippen molar-refractivity contribution >= 4 is 11.7 Å². The molecule has 0 radical (unpaired) electrons. The minimum atomic E-state index is -1.11. The van der Waals surface area contributed by atoms with E-state index in [1.165, 1.54) is 0 Å². The molecule has 2 N–H and O–H groups in total. The Hall–Kier alpha value is -1.55. The number of rotatable bonds is 2. The van der Waals surface area contributed by atoms with Gasteiger partial charge in [-0.3, -0.25) is 0 Å². The number of hydrogen-bond acceptors (Lipinski definition) is 3. The number of quaternary nitrogens is 1. The lowest BCUT2D eigenvalue weighted by Crippen LogP contribution is -2.89. The highest BCUT2D eigenvalue weighted by Crippen LogP contribution is 2.15. The average molecular weight is 206 g/mol. The molecule has 15 heavy (non-hydrogen) atoms. The third-order valence-electron chi connectivity index (χ3n) is 2.65. The lowest BCUT2D eigenvalue weighted by Gasteiger charge is -2.27. The summed E-state index contributed by atoms with van der Waals surface area (Å²) in [6.07, 6.45) is 0. The molecule has 1 aliphatic heterocycles. The van der Waals surface area contributed by atoms with E-state index >= 15 is 0 Å². The summed E-state index contributed by atoms with van der Waals surface area (Å²) in [4.78, 5) is 12.9. The van der Waals surface area contributed by atoms with E-state index in [0.717, 1.165) is 31.9 Å². The van der Waals surface area contributed by atoms with E-state index in [-0.39, 0.29) is 5.56 Å². The first-order valence-electron chi connectivity index (χ1n) is 5.15. The van der Waals surface area contributed by atoms with Gasteiger partial charge in [0.25, 0.3) is 0 Å². The van der Waals surface area contributed by atoms with E-state index in [1.807, 2.05) is 6.07 Å². The number of carboxylic acids is 1. The highest BCUT2D eigenvalue weighted by Gasteiger charge is 2.12. The smallest absolute Gasteiger partial charge is 0.0934 e. The van der Waals surface area contributed by atoms with Crippen LogP contribution in [-0.4, -0.2) is 32.1 Å². The predicted octanol–water partition coefficient (Wildman–Crippen LogP) is -1.57. The normalized spacial score (nSPS) is 16.4. The van der Waals surface area contributed by atoms with Crippen molar-refractivity contribution in [2.75, 3.05) is 31.1 Å². The van der Waals surface area contributed by atoms with Gasteiger partial charge in [-0.25, -0.2) is 0 Å². The molecule has 2 rings (SSSR count). The average Bonchev–Trinajstić information content (AvgIpc) is 2.30. The van der Waals surface area contributed by atoms with Crippen molar-refractivity contribution < 1.29 is 15.2 Å². The predicted molar refractivity (Wildman–Crippen MR) is 54.6 cm³/mol. The van der Waals surface area contributed by atoms with Gasteiger partial charge in [0.15, 0.2) is 0 Å². The van der Waals surface area contributed by atoms with Crippen LogP contribution in [0.1, 0.15) is 10.4 Å². The zero-order valence-corrected chi connectivity index (χ0v) is 8.48. The molecule has 4 nitrogen and oxygen atoms in total. The Balaban J connectivity index is 2.19. The van der Waals surface area contributed by atoms with Gasteiger partial charge in [0.05, 0.1) is 32.1 Å². The highest BCUT2D eigenvalue weighted by atomic mass is 16.4. The van der Waals surface area contributed by atoms with Crippen LogP contribution in [0.3, 0.4) is 0 Å². The molecule has 0 amide bonds. The number of carboxylic acid groups (broad SMARTS) is 1. The van der Waals surface area contributed by atoms with Crippen LogP contribution in [0.5, 0.6) is 0 Å². The van der Waals surface area contributed by atoms with E-state index in [2.05, 4.69) is 10.2 Å². The van der Waals surface area contributed by atoms with Gasteiger partial charge >= 0.3 is 0 Å². The molecule has 1 aliphatic rings. The number of nitrogens with zero attached hydrogens (tertiary/aromatic N) is 1. The fraction of sp³-hybridized carbons (Fsp3) is 0.364. The zero-order chi connectivity index (χ0) is 10.7. The first-order chi connectivity index (χ1) is 7.27. The molecule has 1 fully saturated rings. The summed E-state index contributed by atoms with van der Waals surface area (Å²) >= 11 is 0. The van der Waals surface area contributed by atoms with E-state index in [0.29, 0.717) is 0 Å². The Morgan fingerprint density at radius 1 is 1.33 bits per heavy atom. The zero-order valence-electron chi connectivity index (χ0n) is 8.48. The van der Waals surface area contributed by atoms with Gasteiger partial charge < -0.3 is 20.1 Å². The quantitative estimate of drug-likeness (QED) is 0.636.